The van der Waals surface area contributed by atoms with Crippen LogP contribution in [0.1, 0.15) is 25.7 Å². The van der Waals surface area contributed by atoms with Crippen LogP contribution in [0.4, 0.5) is 0 Å². The minimum Gasteiger partial charge on any atom is -0.345 e. The van der Waals surface area contributed by atoms with E-state index in [0.717, 1.165) is 65.1 Å². The van der Waals surface area contributed by atoms with Crippen molar-refractivity contribution in [2.24, 2.45) is 5.41 Å². The Bertz CT molecular complexity index is 436. The topological polar surface area (TPSA) is 55.9 Å². The average Bonchev–Trinajstić information content (AvgIpc) is 2.97. The molecular formula is C16H28N4O2. The molecule has 0 aromatic carbocycles. The van der Waals surface area contributed by atoms with Crippen molar-refractivity contribution in [1.29, 1.82) is 0 Å². The third-order valence-electron chi connectivity index (χ3n) is 5.51. The molecule has 1 N–H and O–H groups in total. The van der Waals surface area contributed by atoms with Gasteiger partial charge in [0.25, 0.3) is 0 Å². The summed E-state index contributed by atoms with van der Waals surface area (Å²) in [6.07, 6.45) is 3.43. The minimum atomic E-state index is -0.280. The summed E-state index contributed by atoms with van der Waals surface area (Å²) in [6, 6.07) is 0. The number of piperidine rings is 1. The molecule has 22 heavy (non-hydrogen) atoms. The van der Waals surface area contributed by atoms with E-state index in [9.17, 15) is 9.59 Å². The van der Waals surface area contributed by atoms with Gasteiger partial charge >= 0.3 is 0 Å². The van der Waals surface area contributed by atoms with Crippen LogP contribution in [0.3, 0.4) is 0 Å². The van der Waals surface area contributed by atoms with E-state index in [0.29, 0.717) is 13.0 Å². The smallest absolute Gasteiger partial charge is 0.230 e. The molecule has 3 rings (SSSR count). The first kappa shape index (κ1) is 15.7. The van der Waals surface area contributed by atoms with Crippen LogP contribution in [0.5, 0.6) is 0 Å². The average molecular weight is 308 g/mol. The molecule has 0 aliphatic carbocycles. The van der Waals surface area contributed by atoms with Crippen LogP contribution >= 0.6 is 0 Å². The Morgan fingerprint density at radius 2 is 1.95 bits per heavy atom. The molecule has 1 spiro atoms. The standard InChI is InChI=1S/C16H28N4O2/c1-18-8-2-4-16(15(18)22)5-10-20(13-16)14(21)3-9-19-11-6-17-7-12-19/h17H,2-13H2,1H3/t16-/m1/s1. The molecule has 124 valence electrons. The van der Waals surface area contributed by atoms with Crippen molar-refractivity contribution in [2.75, 3.05) is 59.4 Å². The molecule has 3 fully saturated rings. The van der Waals surface area contributed by atoms with Crippen LogP contribution < -0.4 is 5.32 Å². The summed E-state index contributed by atoms with van der Waals surface area (Å²) in [6.45, 7) is 7.18. The molecule has 6 nitrogen and oxygen atoms in total. The lowest BCUT2D eigenvalue weighted by Crippen LogP contribution is -2.49. The van der Waals surface area contributed by atoms with Crippen LogP contribution in [-0.2, 0) is 9.59 Å². The number of piperazine rings is 1. The zero-order valence-corrected chi connectivity index (χ0v) is 13.6. The van der Waals surface area contributed by atoms with Gasteiger partial charge in [0.05, 0.1) is 5.41 Å². The molecule has 6 heteroatoms. The molecule has 3 aliphatic heterocycles. The lowest BCUT2D eigenvalue weighted by atomic mass is 9.78. The van der Waals surface area contributed by atoms with E-state index < -0.39 is 0 Å². The van der Waals surface area contributed by atoms with E-state index in [1.54, 1.807) is 0 Å². The van der Waals surface area contributed by atoms with E-state index in [1.165, 1.54) is 0 Å². The molecule has 0 aromatic rings. The van der Waals surface area contributed by atoms with Crippen molar-refractivity contribution in [1.82, 2.24) is 20.0 Å². The van der Waals surface area contributed by atoms with Crippen molar-refractivity contribution >= 4 is 11.8 Å². The monoisotopic (exact) mass is 308 g/mol. The van der Waals surface area contributed by atoms with Crippen molar-refractivity contribution in [2.45, 2.75) is 25.7 Å². The molecule has 0 unspecified atom stereocenters. The second kappa shape index (κ2) is 6.54. The fourth-order valence-electron chi connectivity index (χ4n) is 4.08. The Labute approximate surface area is 132 Å². The predicted octanol–water partition coefficient (Wildman–Crippen LogP) is -0.247. The maximum absolute atomic E-state index is 12.5. The van der Waals surface area contributed by atoms with Gasteiger partial charge in [-0.25, -0.2) is 0 Å². The van der Waals surface area contributed by atoms with Crippen LogP contribution in [0.25, 0.3) is 0 Å². The van der Waals surface area contributed by atoms with Gasteiger partial charge in [0, 0.05) is 65.8 Å². The fraction of sp³-hybridized carbons (Fsp3) is 0.875. The van der Waals surface area contributed by atoms with E-state index in [-0.39, 0.29) is 17.2 Å². The maximum atomic E-state index is 12.5. The van der Waals surface area contributed by atoms with Gasteiger partial charge in [0.2, 0.25) is 11.8 Å². The molecule has 2 amide bonds. The maximum Gasteiger partial charge on any atom is 0.230 e. The summed E-state index contributed by atoms with van der Waals surface area (Å²) >= 11 is 0. The van der Waals surface area contributed by atoms with Crippen LogP contribution in [0, 0.1) is 5.41 Å². The Hall–Kier alpha value is -1.14. The zero-order valence-electron chi connectivity index (χ0n) is 13.6. The number of hydrogen-bond donors (Lipinski definition) is 1. The molecule has 1 atom stereocenters. The lowest BCUT2D eigenvalue weighted by Gasteiger charge is -2.37. The van der Waals surface area contributed by atoms with E-state index in [1.807, 2.05) is 16.8 Å². The number of nitrogens with one attached hydrogen (secondary N) is 1. The highest BCUT2D eigenvalue weighted by atomic mass is 16.2. The second-order valence-corrected chi connectivity index (χ2v) is 7.02. The first-order chi connectivity index (χ1) is 10.6. The molecule has 3 heterocycles. The summed E-state index contributed by atoms with van der Waals surface area (Å²) in [5.41, 5.74) is -0.280. The predicted molar refractivity (Wildman–Crippen MR) is 84.4 cm³/mol. The van der Waals surface area contributed by atoms with E-state index >= 15 is 0 Å². The van der Waals surface area contributed by atoms with Crippen LogP contribution in [-0.4, -0.2) is 85.9 Å². The summed E-state index contributed by atoms with van der Waals surface area (Å²) in [5.74, 6) is 0.465. The summed E-state index contributed by atoms with van der Waals surface area (Å²) < 4.78 is 0. The molecular weight excluding hydrogens is 280 g/mol. The number of amides is 2. The lowest BCUT2D eigenvalue weighted by molar-refractivity contribution is -0.144. The highest BCUT2D eigenvalue weighted by Gasteiger charge is 2.48. The highest BCUT2D eigenvalue weighted by Crippen LogP contribution is 2.39. The first-order valence-electron chi connectivity index (χ1n) is 8.57. The van der Waals surface area contributed by atoms with Crippen LogP contribution in [0.15, 0.2) is 0 Å². The molecule has 0 radical (unpaired) electrons. The van der Waals surface area contributed by atoms with Crippen molar-refractivity contribution in [3.8, 4) is 0 Å². The summed E-state index contributed by atoms with van der Waals surface area (Å²) in [4.78, 5) is 31.1. The Morgan fingerprint density at radius 1 is 1.18 bits per heavy atom. The number of rotatable bonds is 3. The van der Waals surface area contributed by atoms with E-state index in [2.05, 4.69) is 10.2 Å². The zero-order chi connectivity index (χ0) is 15.6. The van der Waals surface area contributed by atoms with Gasteiger partial charge in [-0.05, 0) is 19.3 Å². The summed E-state index contributed by atoms with van der Waals surface area (Å²) in [7, 11) is 1.89. The summed E-state index contributed by atoms with van der Waals surface area (Å²) in [5, 5.41) is 3.33. The van der Waals surface area contributed by atoms with Gasteiger partial charge in [-0.3, -0.25) is 9.59 Å². The second-order valence-electron chi connectivity index (χ2n) is 7.02. The number of nitrogens with zero attached hydrogens (tertiary/aromatic N) is 3. The molecule has 3 aliphatic rings. The Kier molecular flexibility index (Phi) is 4.68. The number of likely N-dealkylation sites (tertiary alicyclic amines) is 2. The fourth-order valence-corrected chi connectivity index (χ4v) is 4.08. The third kappa shape index (κ3) is 3.13. The first-order valence-corrected chi connectivity index (χ1v) is 8.57. The number of carbonyl (C=O) groups excluding carboxylic acids is 2. The SMILES string of the molecule is CN1CCC[C@]2(CCN(C(=O)CCN3CCNCC3)C2)C1=O. The Morgan fingerprint density at radius 3 is 2.73 bits per heavy atom. The van der Waals surface area contributed by atoms with Crippen molar-refractivity contribution < 1.29 is 9.59 Å². The van der Waals surface area contributed by atoms with Gasteiger partial charge in [-0.15, -0.1) is 0 Å². The van der Waals surface area contributed by atoms with Gasteiger partial charge in [-0.1, -0.05) is 0 Å². The Balaban J connectivity index is 1.51. The molecule has 0 saturated carbocycles. The van der Waals surface area contributed by atoms with Gasteiger partial charge in [0.1, 0.15) is 0 Å². The molecule has 0 bridgehead atoms. The molecule has 3 saturated heterocycles. The van der Waals surface area contributed by atoms with Crippen LogP contribution in [0.2, 0.25) is 0 Å². The van der Waals surface area contributed by atoms with Crippen molar-refractivity contribution in [3.63, 3.8) is 0 Å². The normalized spacial score (nSPS) is 30.3. The van der Waals surface area contributed by atoms with Gasteiger partial charge < -0.3 is 20.0 Å². The highest BCUT2D eigenvalue weighted by molar-refractivity contribution is 5.86. The largest absolute Gasteiger partial charge is 0.345 e. The van der Waals surface area contributed by atoms with E-state index in [4.69, 9.17) is 0 Å². The van der Waals surface area contributed by atoms with Gasteiger partial charge in [0.15, 0.2) is 0 Å². The number of carbonyl (C=O) groups is 2. The third-order valence-corrected chi connectivity index (χ3v) is 5.51. The van der Waals surface area contributed by atoms with Gasteiger partial charge in [-0.2, -0.15) is 0 Å². The van der Waals surface area contributed by atoms with Crippen molar-refractivity contribution in [3.05, 3.63) is 0 Å². The minimum absolute atomic E-state index is 0.219. The number of hydrogen-bond acceptors (Lipinski definition) is 4. The quantitative estimate of drug-likeness (QED) is 0.781. The molecule has 0 aromatic heterocycles.